The number of rotatable bonds is 7. The van der Waals surface area contributed by atoms with E-state index in [-0.39, 0.29) is 42.4 Å². The molecule has 168 valence electrons. The van der Waals surface area contributed by atoms with Crippen molar-refractivity contribution in [3.8, 4) is 23.0 Å². The number of hydrogen-bond acceptors (Lipinski definition) is 3. The summed E-state index contributed by atoms with van der Waals surface area (Å²) in [6.07, 6.45) is 1.75. The molecule has 3 aromatic rings. The lowest BCUT2D eigenvalue weighted by atomic mass is 9.99. The van der Waals surface area contributed by atoms with E-state index in [1.807, 2.05) is 6.92 Å². The molecule has 0 saturated heterocycles. The average molecular weight is 446 g/mol. The Labute approximate surface area is 183 Å². The van der Waals surface area contributed by atoms with Crippen molar-refractivity contribution in [2.75, 3.05) is 6.61 Å². The lowest BCUT2D eigenvalue weighted by molar-refractivity contribution is 0.274. The highest BCUT2D eigenvalue weighted by Gasteiger charge is 2.29. The van der Waals surface area contributed by atoms with Gasteiger partial charge in [-0.05, 0) is 37.1 Å². The molecule has 0 saturated carbocycles. The topological polar surface area (TPSA) is 27.7 Å². The van der Waals surface area contributed by atoms with Crippen LogP contribution >= 0.6 is 0 Å². The normalized spacial score (nSPS) is 12.1. The van der Waals surface area contributed by atoms with Crippen LogP contribution in [0.4, 0.5) is 17.6 Å². The Kier molecular flexibility index (Phi) is 6.26. The number of ether oxygens (including phenoxy) is 3. The van der Waals surface area contributed by atoms with Gasteiger partial charge in [-0.2, -0.15) is 13.2 Å². The number of aryl methyl sites for hydroxylation is 1. The third-order valence-corrected chi connectivity index (χ3v) is 5.27. The van der Waals surface area contributed by atoms with Gasteiger partial charge in [-0.25, -0.2) is 4.39 Å². The maximum atomic E-state index is 14.8. The number of halogens is 4. The van der Waals surface area contributed by atoms with Gasteiger partial charge >= 0.3 is 0 Å². The SMILES string of the molecule is CCCc1ccc(COc2cc3c(c(F)c2F)Oc2c(ccc(OCC)c2F)C3)c(F)c1. The van der Waals surface area contributed by atoms with E-state index in [1.165, 1.54) is 18.2 Å². The zero-order valence-corrected chi connectivity index (χ0v) is 17.7. The van der Waals surface area contributed by atoms with E-state index < -0.39 is 29.0 Å². The fraction of sp³-hybridized carbons (Fsp3) is 0.280. The molecule has 1 aliphatic heterocycles. The first-order valence-electron chi connectivity index (χ1n) is 10.5. The monoisotopic (exact) mass is 446 g/mol. The van der Waals surface area contributed by atoms with Gasteiger partial charge in [-0.15, -0.1) is 0 Å². The van der Waals surface area contributed by atoms with Gasteiger partial charge in [0, 0.05) is 23.1 Å². The van der Waals surface area contributed by atoms with E-state index in [0.29, 0.717) is 11.1 Å². The summed E-state index contributed by atoms with van der Waals surface area (Å²) in [6, 6.07) is 9.15. The van der Waals surface area contributed by atoms with Crippen LogP contribution < -0.4 is 14.2 Å². The molecule has 1 heterocycles. The minimum atomic E-state index is -1.29. The lowest BCUT2D eigenvalue weighted by Crippen LogP contribution is -2.10. The summed E-state index contributed by atoms with van der Waals surface area (Å²) in [7, 11) is 0. The van der Waals surface area contributed by atoms with Crippen molar-refractivity contribution in [2.45, 2.75) is 39.7 Å². The maximum Gasteiger partial charge on any atom is 0.207 e. The zero-order valence-electron chi connectivity index (χ0n) is 17.7. The highest BCUT2D eigenvalue weighted by atomic mass is 19.2. The molecule has 0 fully saturated rings. The number of benzene rings is 3. The molecule has 0 radical (unpaired) electrons. The van der Waals surface area contributed by atoms with Crippen LogP contribution in [0.2, 0.25) is 0 Å². The van der Waals surface area contributed by atoms with Crippen LogP contribution in [0, 0.1) is 23.3 Å². The molecule has 0 spiro atoms. The fourth-order valence-electron chi connectivity index (χ4n) is 3.69. The van der Waals surface area contributed by atoms with Gasteiger partial charge in [0.1, 0.15) is 12.4 Å². The molecule has 0 atom stereocenters. The van der Waals surface area contributed by atoms with Crippen LogP contribution in [0.1, 0.15) is 42.5 Å². The highest BCUT2D eigenvalue weighted by Crippen LogP contribution is 2.44. The van der Waals surface area contributed by atoms with E-state index in [2.05, 4.69) is 0 Å². The van der Waals surface area contributed by atoms with Crippen LogP contribution in [0.3, 0.4) is 0 Å². The smallest absolute Gasteiger partial charge is 0.207 e. The predicted molar refractivity (Wildman–Crippen MR) is 112 cm³/mol. The van der Waals surface area contributed by atoms with Gasteiger partial charge in [0.25, 0.3) is 0 Å². The molecule has 1 aliphatic rings. The fourth-order valence-corrected chi connectivity index (χ4v) is 3.69. The van der Waals surface area contributed by atoms with Crippen LogP contribution in [-0.2, 0) is 19.4 Å². The summed E-state index contributed by atoms with van der Waals surface area (Å²) in [4.78, 5) is 0. The predicted octanol–water partition coefficient (Wildman–Crippen LogP) is 6.87. The molecule has 0 aliphatic carbocycles. The molecule has 0 bridgehead atoms. The van der Waals surface area contributed by atoms with Gasteiger partial charge < -0.3 is 14.2 Å². The summed E-state index contributed by atoms with van der Waals surface area (Å²) in [5, 5.41) is 0. The van der Waals surface area contributed by atoms with Crippen molar-refractivity contribution in [3.63, 3.8) is 0 Å². The molecular formula is C25H22F4O3. The van der Waals surface area contributed by atoms with E-state index in [9.17, 15) is 17.6 Å². The summed E-state index contributed by atoms with van der Waals surface area (Å²) in [6.45, 7) is 3.68. The summed E-state index contributed by atoms with van der Waals surface area (Å²) < 4.78 is 74.3. The Morgan fingerprint density at radius 3 is 2.31 bits per heavy atom. The first-order chi connectivity index (χ1) is 15.4. The Morgan fingerprint density at radius 1 is 0.812 bits per heavy atom. The zero-order chi connectivity index (χ0) is 22.8. The Balaban J connectivity index is 1.59. The van der Waals surface area contributed by atoms with Gasteiger partial charge in [-0.3, -0.25) is 0 Å². The second-order valence-electron chi connectivity index (χ2n) is 7.53. The third-order valence-electron chi connectivity index (χ3n) is 5.27. The summed E-state index contributed by atoms with van der Waals surface area (Å²) >= 11 is 0. The first-order valence-corrected chi connectivity index (χ1v) is 10.5. The van der Waals surface area contributed by atoms with Crippen molar-refractivity contribution < 1.29 is 31.8 Å². The Bertz CT molecular complexity index is 1160. The van der Waals surface area contributed by atoms with Gasteiger partial charge in [0.2, 0.25) is 17.5 Å². The minimum absolute atomic E-state index is 0.0254. The largest absolute Gasteiger partial charge is 0.491 e. The van der Waals surface area contributed by atoms with Crippen molar-refractivity contribution in [1.82, 2.24) is 0 Å². The van der Waals surface area contributed by atoms with E-state index in [4.69, 9.17) is 14.2 Å². The molecule has 3 nitrogen and oxygen atoms in total. The molecule has 7 heteroatoms. The Hall–Kier alpha value is -3.22. The lowest BCUT2D eigenvalue weighted by Gasteiger charge is -2.23. The van der Waals surface area contributed by atoms with E-state index >= 15 is 0 Å². The molecule has 0 unspecified atom stereocenters. The molecule has 32 heavy (non-hydrogen) atoms. The average Bonchev–Trinajstić information content (AvgIpc) is 2.78. The van der Waals surface area contributed by atoms with E-state index in [1.54, 1.807) is 25.1 Å². The van der Waals surface area contributed by atoms with Crippen molar-refractivity contribution in [1.29, 1.82) is 0 Å². The van der Waals surface area contributed by atoms with Crippen molar-refractivity contribution in [3.05, 3.63) is 81.9 Å². The molecule has 0 amide bonds. The molecule has 0 N–H and O–H groups in total. The van der Waals surface area contributed by atoms with Crippen LogP contribution in [0.15, 0.2) is 36.4 Å². The quantitative estimate of drug-likeness (QED) is 0.290. The Morgan fingerprint density at radius 2 is 1.59 bits per heavy atom. The second-order valence-corrected chi connectivity index (χ2v) is 7.53. The molecule has 3 aromatic carbocycles. The molecule has 0 aromatic heterocycles. The van der Waals surface area contributed by atoms with Crippen LogP contribution in [-0.4, -0.2) is 6.61 Å². The molecule has 4 rings (SSSR count). The first kappa shape index (κ1) is 22.0. The van der Waals surface area contributed by atoms with Crippen molar-refractivity contribution >= 4 is 0 Å². The third kappa shape index (κ3) is 4.11. The number of hydrogen-bond donors (Lipinski definition) is 0. The summed E-state index contributed by atoms with van der Waals surface area (Å²) in [5.41, 5.74) is 1.85. The van der Waals surface area contributed by atoms with Gasteiger partial charge in [0.05, 0.1) is 6.61 Å². The van der Waals surface area contributed by atoms with Crippen LogP contribution in [0.5, 0.6) is 23.0 Å². The van der Waals surface area contributed by atoms with Crippen LogP contribution in [0.25, 0.3) is 0 Å². The standard InChI is InChI=1S/C25H22F4O3/c1-3-5-14-6-7-16(18(26)10-14)13-31-20-12-17-11-15-8-9-19(30-4-2)22(28)24(15)32-25(17)23(29)21(20)27/h6-10,12H,3-5,11,13H2,1-2H3. The van der Waals surface area contributed by atoms with E-state index in [0.717, 1.165) is 18.4 Å². The van der Waals surface area contributed by atoms with Gasteiger partial charge in [0.15, 0.2) is 23.0 Å². The highest BCUT2D eigenvalue weighted by molar-refractivity contribution is 5.55. The van der Waals surface area contributed by atoms with Crippen molar-refractivity contribution in [2.24, 2.45) is 0 Å². The number of fused-ring (bicyclic) bond motifs is 2. The minimum Gasteiger partial charge on any atom is -0.491 e. The van der Waals surface area contributed by atoms with Gasteiger partial charge in [-0.1, -0.05) is 31.5 Å². The second kappa shape index (κ2) is 9.10. The summed E-state index contributed by atoms with van der Waals surface area (Å²) in [5.74, 6) is -4.78. The maximum absolute atomic E-state index is 14.8. The molecular weight excluding hydrogens is 424 g/mol.